The van der Waals surface area contributed by atoms with Gasteiger partial charge in [0.25, 0.3) is 5.56 Å². The van der Waals surface area contributed by atoms with Gasteiger partial charge in [0.15, 0.2) is 11.2 Å². The van der Waals surface area contributed by atoms with Gasteiger partial charge in [-0.05, 0) is 63.6 Å². The first kappa shape index (κ1) is 25.0. The minimum Gasteiger partial charge on any atom is -0.477 e. The molecule has 0 spiro atoms. The Kier molecular flexibility index (Phi) is 6.97. The van der Waals surface area contributed by atoms with E-state index in [2.05, 4.69) is 4.98 Å². The van der Waals surface area contributed by atoms with Crippen LogP contribution in [0.5, 0.6) is 5.88 Å². The molecule has 1 atom stereocenters. The summed E-state index contributed by atoms with van der Waals surface area (Å²) < 4.78 is 10.7. The molecule has 0 saturated heterocycles. The van der Waals surface area contributed by atoms with E-state index < -0.39 is 17.4 Å². The van der Waals surface area contributed by atoms with E-state index in [-0.39, 0.29) is 12.6 Å². The van der Waals surface area contributed by atoms with E-state index >= 15 is 0 Å². The van der Waals surface area contributed by atoms with Crippen molar-refractivity contribution >= 4 is 11.2 Å². The number of hydrogen-bond acceptors (Lipinski definition) is 6. The first-order chi connectivity index (χ1) is 17.8. The van der Waals surface area contributed by atoms with Gasteiger partial charge in [-0.3, -0.25) is 13.9 Å². The third kappa shape index (κ3) is 5.09. The second kappa shape index (κ2) is 10.3. The number of fused-ring (bicyclic) bond motifs is 1. The summed E-state index contributed by atoms with van der Waals surface area (Å²) in [6.45, 7) is 6.53. The van der Waals surface area contributed by atoms with Gasteiger partial charge in [0.05, 0.1) is 18.3 Å². The topological polar surface area (TPSA) is 104 Å². The van der Waals surface area contributed by atoms with Crippen molar-refractivity contribution < 1.29 is 9.84 Å². The fourth-order valence-electron chi connectivity index (χ4n) is 4.52. The molecule has 1 aliphatic rings. The molecule has 1 fully saturated rings. The zero-order valence-corrected chi connectivity index (χ0v) is 21.5. The third-order valence-corrected chi connectivity index (χ3v) is 6.70. The molecule has 1 saturated carbocycles. The van der Waals surface area contributed by atoms with Crippen LogP contribution >= 0.6 is 0 Å². The van der Waals surface area contributed by atoms with Crippen molar-refractivity contribution in [2.45, 2.75) is 65.3 Å². The smallest absolute Gasteiger partial charge is 0.332 e. The van der Waals surface area contributed by atoms with Gasteiger partial charge in [-0.1, -0.05) is 30.3 Å². The Bertz CT molecular complexity index is 1510. The van der Waals surface area contributed by atoms with Crippen molar-refractivity contribution in [1.29, 1.82) is 0 Å². The number of aliphatic hydroxyl groups is 1. The maximum Gasteiger partial charge on any atom is 0.332 e. The maximum absolute atomic E-state index is 13.9. The number of nitrogens with zero attached hydrogens (tertiary/aromatic N) is 5. The van der Waals surface area contributed by atoms with E-state index in [1.807, 2.05) is 60.9 Å². The molecule has 0 radical (unpaired) electrons. The molecule has 4 aromatic rings. The zero-order chi connectivity index (χ0) is 26.1. The van der Waals surface area contributed by atoms with Crippen molar-refractivity contribution in [3.05, 3.63) is 75.1 Å². The van der Waals surface area contributed by atoms with Gasteiger partial charge in [0.1, 0.15) is 5.82 Å². The Balaban J connectivity index is 1.78. The summed E-state index contributed by atoms with van der Waals surface area (Å²) in [5, 5.41) is 9.85. The molecule has 1 aromatic carbocycles. The first-order valence-corrected chi connectivity index (χ1v) is 12.9. The highest BCUT2D eigenvalue weighted by Crippen LogP contribution is 2.33. The highest BCUT2D eigenvalue weighted by molar-refractivity contribution is 5.78. The molecule has 3 heterocycles. The molecule has 194 valence electrons. The quantitative estimate of drug-likeness (QED) is 0.355. The number of benzene rings is 1. The second-order valence-electron chi connectivity index (χ2n) is 10.1. The lowest BCUT2D eigenvalue weighted by molar-refractivity contribution is 0.176. The molecule has 3 aromatic heterocycles. The van der Waals surface area contributed by atoms with Crippen LogP contribution in [0.2, 0.25) is 0 Å². The Morgan fingerprint density at radius 3 is 2.49 bits per heavy atom. The minimum absolute atomic E-state index is 0.118. The molecule has 9 heteroatoms. The Labute approximate surface area is 215 Å². The van der Waals surface area contributed by atoms with Crippen LogP contribution in [0.15, 0.2) is 58.3 Å². The third-order valence-electron chi connectivity index (χ3n) is 6.70. The van der Waals surface area contributed by atoms with E-state index in [0.717, 1.165) is 18.4 Å². The van der Waals surface area contributed by atoms with Crippen LogP contribution in [0, 0.1) is 5.92 Å². The summed E-state index contributed by atoms with van der Waals surface area (Å²) in [6.07, 6.45) is 3.65. The number of pyridine rings is 1. The lowest BCUT2D eigenvalue weighted by Crippen LogP contribution is -2.41. The summed E-state index contributed by atoms with van der Waals surface area (Å²) in [7, 11) is 0. The number of hydrogen-bond donors (Lipinski definition) is 1. The van der Waals surface area contributed by atoms with E-state index in [1.165, 1.54) is 4.57 Å². The van der Waals surface area contributed by atoms with Crippen LogP contribution in [-0.2, 0) is 13.1 Å². The zero-order valence-electron chi connectivity index (χ0n) is 21.5. The molecule has 0 bridgehead atoms. The summed E-state index contributed by atoms with van der Waals surface area (Å²) in [6, 6.07) is 13.3. The summed E-state index contributed by atoms with van der Waals surface area (Å²) in [5.41, 5.74) is 1.49. The van der Waals surface area contributed by atoms with Gasteiger partial charge in [0.2, 0.25) is 5.88 Å². The average molecular weight is 504 g/mol. The van der Waals surface area contributed by atoms with Crippen molar-refractivity contribution in [3.63, 3.8) is 0 Å². The molecule has 9 nitrogen and oxygen atoms in total. The highest BCUT2D eigenvalue weighted by atomic mass is 16.5. The summed E-state index contributed by atoms with van der Waals surface area (Å²) in [4.78, 5) is 36.7. The number of aliphatic hydroxyl groups excluding tert-OH is 1. The average Bonchev–Trinajstić information content (AvgIpc) is 3.63. The van der Waals surface area contributed by atoms with Crippen molar-refractivity contribution in [2.24, 2.45) is 5.92 Å². The molecule has 1 N–H and O–H groups in total. The summed E-state index contributed by atoms with van der Waals surface area (Å²) >= 11 is 0. The normalized spacial score (nSPS) is 14.4. The van der Waals surface area contributed by atoms with Crippen molar-refractivity contribution in [2.75, 3.05) is 6.61 Å². The minimum atomic E-state index is -0.638. The number of ether oxygens (including phenoxy) is 1. The largest absolute Gasteiger partial charge is 0.477 e. The molecule has 0 amide bonds. The summed E-state index contributed by atoms with van der Waals surface area (Å²) in [5.74, 6) is 1.54. The van der Waals surface area contributed by atoms with E-state index in [0.29, 0.717) is 53.9 Å². The van der Waals surface area contributed by atoms with Crippen molar-refractivity contribution in [1.82, 2.24) is 23.7 Å². The Morgan fingerprint density at radius 1 is 1.05 bits per heavy atom. The molecular formula is C28H33N5O4. The van der Waals surface area contributed by atoms with Crippen LogP contribution in [-0.4, -0.2) is 41.5 Å². The van der Waals surface area contributed by atoms with E-state index in [9.17, 15) is 14.7 Å². The fraction of sp³-hybridized carbons (Fsp3) is 0.429. The van der Waals surface area contributed by atoms with Crippen LogP contribution < -0.4 is 16.0 Å². The molecule has 37 heavy (non-hydrogen) atoms. The van der Waals surface area contributed by atoms with Crippen LogP contribution in [0.3, 0.4) is 0 Å². The van der Waals surface area contributed by atoms with E-state index in [4.69, 9.17) is 9.72 Å². The lowest BCUT2D eigenvalue weighted by atomic mass is 10.2. The number of aromatic nitrogens is 5. The second-order valence-corrected chi connectivity index (χ2v) is 10.1. The van der Waals surface area contributed by atoms with Gasteiger partial charge < -0.3 is 14.4 Å². The Morgan fingerprint density at radius 2 is 1.81 bits per heavy atom. The molecule has 5 rings (SSSR count). The SMILES string of the molecule is CC(C)n1c(=O)n(CC[C@@H](C)O)c(=O)c2c1nc(-c1cccnc1OCC1CC1)n2Cc1ccccc1. The molecule has 1 aliphatic carbocycles. The molecule has 0 unspecified atom stereocenters. The Hall–Kier alpha value is -3.72. The highest BCUT2D eigenvalue weighted by Gasteiger charge is 2.27. The standard InChI is InChI=1S/C28H33N5O4/c1-18(2)33-25-23(27(35)31(28(33)36)15-13-19(3)34)32(16-20-8-5-4-6-9-20)24(30-25)22-10-7-14-29-26(22)37-17-21-11-12-21/h4-10,14,18-19,21,34H,11-13,15-17H2,1-3H3/t19-/m1/s1. The van der Waals surface area contributed by atoms with Crippen molar-refractivity contribution in [3.8, 4) is 17.3 Å². The van der Waals surface area contributed by atoms with E-state index in [1.54, 1.807) is 17.7 Å². The predicted molar refractivity (Wildman–Crippen MR) is 142 cm³/mol. The van der Waals surface area contributed by atoms with Gasteiger partial charge in [-0.25, -0.2) is 14.8 Å². The number of rotatable bonds is 10. The molecule has 0 aliphatic heterocycles. The fourth-order valence-corrected chi connectivity index (χ4v) is 4.52. The van der Waals surface area contributed by atoms with Gasteiger partial charge in [-0.2, -0.15) is 0 Å². The van der Waals surface area contributed by atoms with Gasteiger partial charge in [-0.15, -0.1) is 0 Å². The predicted octanol–water partition coefficient (Wildman–Crippen LogP) is 3.61. The molecular weight excluding hydrogens is 470 g/mol. The lowest BCUT2D eigenvalue weighted by Gasteiger charge is -2.16. The van der Waals surface area contributed by atoms with Gasteiger partial charge >= 0.3 is 5.69 Å². The van der Waals surface area contributed by atoms with Crippen LogP contribution in [0.1, 0.15) is 51.6 Å². The van der Waals surface area contributed by atoms with Gasteiger partial charge in [0, 0.05) is 25.3 Å². The van der Waals surface area contributed by atoms with Crippen LogP contribution in [0.25, 0.3) is 22.6 Å². The maximum atomic E-state index is 13.9. The number of imidazole rings is 1. The first-order valence-electron chi connectivity index (χ1n) is 12.9. The van der Waals surface area contributed by atoms with Crippen LogP contribution in [0.4, 0.5) is 0 Å². The monoisotopic (exact) mass is 503 g/mol.